The third-order valence-corrected chi connectivity index (χ3v) is 4.26. The summed E-state index contributed by atoms with van der Waals surface area (Å²) in [4.78, 5) is 5.91. The standard InChI is InChI=1S/C11H14N2S2/c1-7-4-5-14-11(7)10(12-3)9-6-15-8(2)13-9/h4-6,10,12H,1-3H3. The van der Waals surface area contributed by atoms with Crippen molar-refractivity contribution in [1.29, 1.82) is 0 Å². The summed E-state index contributed by atoms with van der Waals surface area (Å²) in [6, 6.07) is 2.40. The van der Waals surface area contributed by atoms with Gasteiger partial charge in [0.25, 0.3) is 0 Å². The number of thiazole rings is 1. The van der Waals surface area contributed by atoms with Gasteiger partial charge in [0.15, 0.2) is 0 Å². The minimum absolute atomic E-state index is 0.245. The first kappa shape index (κ1) is 10.8. The fourth-order valence-electron chi connectivity index (χ4n) is 1.61. The van der Waals surface area contributed by atoms with Crippen LogP contribution in [-0.4, -0.2) is 12.0 Å². The number of aromatic nitrogens is 1. The van der Waals surface area contributed by atoms with E-state index in [2.05, 4.69) is 34.1 Å². The molecule has 0 bridgehead atoms. The number of rotatable bonds is 3. The molecule has 0 aromatic carbocycles. The van der Waals surface area contributed by atoms with Crippen molar-refractivity contribution in [1.82, 2.24) is 10.3 Å². The molecule has 0 spiro atoms. The Kier molecular flexibility index (Phi) is 3.19. The predicted molar refractivity (Wildman–Crippen MR) is 66.8 cm³/mol. The first-order valence-electron chi connectivity index (χ1n) is 4.85. The zero-order valence-corrected chi connectivity index (χ0v) is 10.7. The van der Waals surface area contributed by atoms with Crippen molar-refractivity contribution >= 4 is 22.7 Å². The van der Waals surface area contributed by atoms with E-state index in [0.29, 0.717) is 0 Å². The van der Waals surface area contributed by atoms with Gasteiger partial charge in [-0.05, 0) is 37.9 Å². The lowest BCUT2D eigenvalue weighted by atomic mass is 10.1. The molecule has 1 atom stereocenters. The van der Waals surface area contributed by atoms with Gasteiger partial charge in [0.05, 0.1) is 16.7 Å². The zero-order valence-electron chi connectivity index (χ0n) is 9.07. The van der Waals surface area contributed by atoms with Crippen molar-refractivity contribution in [3.05, 3.63) is 38.0 Å². The van der Waals surface area contributed by atoms with Crippen LogP contribution in [0.1, 0.15) is 27.2 Å². The van der Waals surface area contributed by atoms with Gasteiger partial charge in [0, 0.05) is 10.3 Å². The second-order valence-corrected chi connectivity index (χ2v) is 5.49. The molecule has 0 amide bonds. The van der Waals surface area contributed by atoms with Crippen LogP contribution in [0.15, 0.2) is 16.8 Å². The van der Waals surface area contributed by atoms with Crippen LogP contribution in [-0.2, 0) is 0 Å². The summed E-state index contributed by atoms with van der Waals surface area (Å²) >= 11 is 3.49. The minimum atomic E-state index is 0.245. The summed E-state index contributed by atoms with van der Waals surface area (Å²) in [7, 11) is 1.98. The number of hydrogen-bond acceptors (Lipinski definition) is 4. The molecule has 15 heavy (non-hydrogen) atoms. The van der Waals surface area contributed by atoms with Crippen molar-refractivity contribution in [2.75, 3.05) is 7.05 Å². The molecule has 1 N–H and O–H groups in total. The monoisotopic (exact) mass is 238 g/mol. The second-order valence-electron chi connectivity index (χ2n) is 3.48. The van der Waals surface area contributed by atoms with Gasteiger partial charge >= 0.3 is 0 Å². The summed E-state index contributed by atoms with van der Waals surface area (Å²) < 4.78 is 0. The molecule has 0 aliphatic heterocycles. The van der Waals surface area contributed by atoms with Crippen molar-refractivity contribution in [3.8, 4) is 0 Å². The van der Waals surface area contributed by atoms with E-state index in [1.807, 2.05) is 14.0 Å². The Bertz CT molecular complexity index is 445. The minimum Gasteiger partial charge on any atom is -0.307 e. The third kappa shape index (κ3) is 2.12. The fourth-order valence-corrected chi connectivity index (χ4v) is 3.29. The van der Waals surface area contributed by atoms with Gasteiger partial charge in [-0.3, -0.25) is 0 Å². The molecule has 2 heterocycles. The van der Waals surface area contributed by atoms with Gasteiger partial charge in [-0.1, -0.05) is 0 Å². The summed E-state index contributed by atoms with van der Waals surface area (Å²) in [5, 5.41) is 8.72. The Morgan fingerprint density at radius 2 is 2.13 bits per heavy atom. The van der Waals surface area contributed by atoms with Crippen LogP contribution >= 0.6 is 22.7 Å². The molecule has 0 radical (unpaired) electrons. The number of aryl methyl sites for hydroxylation is 2. The van der Waals surface area contributed by atoms with Crippen LogP contribution in [0.2, 0.25) is 0 Å². The average molecular weight is 238 g/mol. The van der Waals surface area contributed by atoms with Gasteiger partial charge in [-0.25, -0.2) is 4.98 Å². The van der Waals surface area contributed by atoms with Crippen LogP contribution < -0.4 is 5.32 Å². The molecule has 0 aliphatic rings. The number of hydrogen-bond donors (Lipinski definition) is 1. The van der Waals surface area contributed by atoms with Crippen molar-refractivity contribution < 1.29 is 0 Å². The Balaban J connectivity index is 2.36. The number of nitrogens with one attached hydrogen (secondary N) is 1. The van der Waals surface area contributed by atoms with Crippen LogP contribution in [0.3, 0.4) is 0 Å². The van der Waals surface area contributed by atoms with E-state index in [1.54, 1.807) is 22.7 Å². The first-order chi connectivity index (χ1) is 7.22. The Morgan fingerprint density at radius 1 is 1.33 bits per heavy atom. The summed E-state index contributed by atoms with van der Waals surface area (Å²) in [5.41, 5.74) is 2.47. The van der Waals surface area contributed by atoms with E-state index in [-0.39, 0.29) is 6.04 Å². The van der Waals surface area contributed by atoms with Gasteiger partial charge in [-0.2, -0.15) is 0 Å². The lowest BCUT2D eigenvalue weighted by molar-refractivity contribution is 0.682. The highest BCUT2D eigenvalue weighted by Crippen LogP contribution is 2.29. The van der Waals surface area contributed by atoms with Crippen molar-refractivity contribution in [2.24, 2.45) is 0 Å². The summed E-state index contributed by atoms with van der Waals surface area (Å²) in [6.45, 7) is 4.19. The van der Waals surface area contributed by atoms with Crippen LogP contribution in [0.5, 0.6) is 0 Å². The molecule has 2 rings (SSSR count). The molecule has 80 valence electrons. The molecule has 4 heteroatoms. The van der Waals surface area contributed by atoms with Gasteiger partial charge in [0.2, 0.25) is 0 Å². The molecule has 2 aromatic heterocycles. The summed E-state index contributed by atoms with van der Waals surface area (Å²) in [6.07, 6.45) is 0. The van der Waals surface area contributed by atoms with E-state index in [4.69, 9.17) is 0 Å². The maximum atomic E-state index is 4.54. The second kappa shape index (κ2) is 4.43. The van der Waals surface area contributed by atoms with Gasteiger partial charge in [-0.15, -0.1) is 22.7 Å². The van der Waals surface area contributed by atoms with Gasteiger partial charge < -0.3 is 5.32 Å². The number of nitrogens with zero attached hydrogens (tertiary/aromatic N) is 1. The van der Waals surface area contributed by atoms with E-state index < -0.39 is 0 Å². The van der Waals surface area contributed by atoms with Crippen LogP contribution in [0.25, 0.3) is 0 Å². The van der Waals surface area contributed by atoms with Crippen molar-refractivity contribution in [2.45, 2.75) is 19.9 Å². The topological polar surface area (TPSA) is 24.9 Å². The lowest BCUT2D eigenvalue weighted by Gasteiger charge is -2.13. The molecule has 1 unspecified atom stereocenters. The maximum Gasteiger partial charge on any atom is 0.0898 e. The molecule has 2 nitrogen and oxygen atoms in total. The van der Waals surface area contributed by atoms with E-state index in [9.17, 15) is 0 Å². The van der Waals surface area contributed by atoms with Gasteiger partial charge in [0.1, 0.15) is 0 Å². The van der Waals surface area contributed by atoms with Crippen LogP contribution in [0, 0.1) is 13.8 Å². The number of thiophene rings is 1. The Morgan fingerprint density at radius 3 is 2.60 bits per heavy atom. The lowest BCUT2D eigenvalue weighted by Crippen LogP contribution is -2.17. The smallest absolute Gasteiger partial charge is 0.0898 e. The predicted octanol–water partition coefficient (Wildman–Crippen LogP) is 3.13. The zero-order chi connectivity index (χ0) is 10.8. The highest BCUT2D eigenvalue weighted by molar-refractivity contribution is 7.10. The highest BCUT2D eigenvalue weighted by Gasteiger charge is 2.17. The molecule has 0 saturated carbocycles. The molecule has 2 aromatic rings. The van der Waals surface area contributed by atoms with E-state index >= 15 is 0 Å². The SMILES string of the molecule is CNC(c1csc(C)n1)c1sccc1C. The quantitative estimate of drug-likeness (QED) is 0.888. The van der Waals surface area contributed by atoms with E-state index in [1.165, 1.54) is 10.4 Å². The fraction of sp³-hybridized carbons (Fsp3) is 0.364. The first-order valence-corrected chi connectivity index (χ1v) is 6.61. The maximum absolute atomic E-state index is 4.54. The Hall–Kier alpha value is -0.710. The largest absolute Gasteiger partial charge is 0.307 e. The van der Waals surface area contributed by atoms with E-state index in [0.717, 1.165) is 10.7 Å². The molecule has 0 aliphatic carbocycles. The molecule has 0 saturated heterocycles. The molecular weight excluding hydrogens is 224 g/mol. The van der Waals surface area contributed by atoms with Crippen LogP contribution in [0.4, 0.5) is 0 Å². The molecule has 0 fully saturated rings. The highest BCUT2D eigenvalue weighted by atomic mass is 32.1. The normalized spacial score (nSPS) is 13.0. The molecular formula is C11H14N2S2. The van der Waals surface area contributed by atoms with Crippen molar-refractivity contribution in [3.63, 3.8) is 0 Å². The average Bonchev–Trinajstić information content (AvgIpc) is 2.79. The third-order valence-electron chi connectivity index (χ3n) is 2.39. The Labute approximate surface area is 98.0 Å². The summed E-state index contributed by atoms with van der Waals surface area (Å²) in [5.74, 6) is 0.